The molecule has 0 bridgehead atoms. The van der Waals surface area contributed by atoms with Crippen molar-refractivity contribution >= 4 is 6.09 Å². The monoisotopic (exact) mass is 402 g/mol. The van der Waals surface area contributed by atoms with Crippen LogP contribution in [-0.2, 0) is 11.2 Å². The lowest BCUT2D eigenvalue weighted by Gasteiger charge is -2.32. The Hall–Kier alpha value is -1.80. The first-order valence-electron chi connectivity index (χ1n) is 9.48. The number of nitrogens with one attached hydrogen (secondary N) is 1. The third kappa shape index (κ3) is 6.98. The molecule has 28 heavy (non-hydrogen) atoms. The van der Waals surface area contributed by atoms with Gasteiger partial charge in [0.1, 0.15) is 11.6 Å². The second-order valence-corrected chi connectivity index (χ2v) is 8.20. The molecule has 1 aromatic carbocycles. The summed E-state index contributed by atoms with van der Waals surface area (Å²) in [5.74, 6) is 0. The highest BCUT2D eigenvalue weighted by Gasteiger charge is 2.46. The average molecular weight is 402 g/mol. The quantitative estimate of drug-likeness (QED) is 0.765. The van der Waals surface area contributed by atoms with Crippen molar-refractivity contribution < 1.29 is 27.8 Å². The van der Waals surface area contributed by atoms with Crippen LogP contribution < -0.4 is 5.32 Å². The molecule has 1 aliphatic rings. The summed E-state index contributed by atoms with van der Waals surface area (Å²) >= 11 is 0. The molecule has 1 heterocycles. The zero-order chi connectivity index (χ0) is 20.9. The van der Waals surface area contributed by atoms with E-state index in [0.717, 1.165) is 5.56 Å². The number of aliphatic hydroxyl groups excluding tert-OH is 1. The molecule has 1 amide bonds. The van der Waals surface area contributed by atoms with E-state index in [1.54, 1.807) is 20.8 Å². The van der Waals surface area contributed by atoms with Gasteiger partial charge in [0.25, 0.3) is 0 Å². The number of hydrogen-bond donors (Lipinski definition) is 2. The first-order valence-corrected chi connectivity index (χ1v) is 9.48. The number of ether oxygens (including phenoxy) is 1. The van der Waals surface area contributed by atoms with E-state index < -0.39 is 36.1 Å². The van der Waals surface area contributed by atoms with Crippen molar-refractivity contribution in [3.05, 3.63) is 35.9 Å². The molecule has 8 heteroatoms. The molecular weight excluding hydrogens is 373 g/mol. The van der Waals surface area contributed by atoms with E-state index in [4.69, 9.17) is 4.74 Å². The Morgan fingerprint density at radius 1 is 1.29 bits per heavy atom. The topological polar surface area (TPSA) is 61.8 Å². The number of likely N-dealkylation sites (tertiary alicyclic amines) is 1. The molecule has 3 atom stereocenters. The maximum Gasteiger partial charge on any atom is 0.407 e. The lowest BCUT2D eigenvalue weighted by atomic mass is 10.0. The van der Waals surface area contributed by atoms with Crippen LogP contribution in [0.3, 0.4) is 0 Å². The molecular formula is C20H29F3N2O3. The van der Waals surface area contributed by atoms with Gasteiger partial charge in [-0.2, -0.15) is 13.2 Å². The predicted molar refractivity (Wildman–Crippen MR) is 100.0 cm³/mol. The van der Waals surface area contributed by atoms with Crippen LogP contribution in [0.5, 0.6) is 0 Å². The van der Waals surface area contributed by atoms with E-state index in [0.29, 0.717) is 6.42 Å². The molecule has 0 aliphatic carbocycles. The van der Waals surface area contributed by atoms with Crippen molar-refractivity contribution in [3.8, 4) is 0 Å². The number of aliphatic hydroxyl groups is 1. The zero-order valence-corrected chi connectivity index (χ0v) is 16.5. The van der Waals surface area contributed by atoms with Crippen LogP contribution in [0.4, 0.5) is 18.0 Å². The van der Waals surface area contributed by atoms with Gasteiger partial charge in [-0.1, -0.05) is 30.3 Å². The standard InChI is InChI=1S/C20H29F3N2O3/c1-19(2,3)28-18(27)24-15(12-14-8-5-4-6-9-14)16(26)13-25-11-7-10-17(25)20(21,22)23/h4-6,8-9,15-17,26H,7,10-13H2,1-3H3,(H,24,27)/t15-,16-,17-/m0/s1. The van der Waals surface area contributed by atoms with Crippen molar-refractivity contribution in [2.45, 2.75) is 70.0 Å². The first-order chi connectivity index (χ1) is 13.0. The SMILES string of the molecule is CC(C)(C)OC(=O)N[C@@H](Cc1ccccc1)[C@@H](O)CN1CCC[C@H]1C(F)(F)F. The van der Waals surface area contributed by atoms with E-state index >= 15 is 0 Å². The number of halogens is 3. The normalized spacial score (nSPS) is 20.6. The van der Waals surface area contributed by atoms with Gasteiger partial charge < -0.3 is 15.2 Å². The van der Waals surface area contributed by atoms with Gasteiger partial charge in [0.2, 0.25) is 0 Å². The van der Waals surface area contributed by atoms with Crippen molar-refractivity contribution in [1.82, 2.24) is 10.2 Å². The van der Waals surface area contributed by atoms with Gasteiger partial charge in [0.15, 0.2) is 0 Å². The fourth-order valence-corrected chi connectivity index (χ4v) is 3.39. The summed E-state index contributed by atoms with van der Waals surface area (Å²) in [6, 6.07) is 6.84. The Kier molecular flexibility index (Phi) is 7.33. The highest BCUT2D eigenvalue weighted by Crippen LogP contribution is 2.32. The summed E-state index contributed by atoms with van der Waals surface area (Å²) in [6.45, 7) is 5.25. The summed E-state index contributed by atoms with van der Waals surface area (Å²) < 4.78 is 44.8. The van der Waals surface area contributed by atoms with Gasteiger partial charge >= 0.3 is 12.3 Å². The van der Waals surface area contributed by atoms with E-state index in [1.807, 2.05) is 30.3 Å². The number of benzene rings is 1. The van der Waals surface area contributed by atoms with E-state index in [9.17, 15) is 23.1 Å². The number of alkyl carbamates (subject to hydrolysis) is 1. The zero-order valence-electron chi connectivity index (χ0n) is 16.5. The number of β-amino-alcohol motifs (C(OH)–C–C–N with tert-alkyl or cyclic N) is 1. The summed E-state index contributed by atoms with van der Waals surface area (Å²) in [5.41, 5.74) is 0.138. The molecule has 2 N–H and O–H groups in total. The molecule has 0 unspecified atom stereocenters. The number of hydrogen-bond acceptors (Lipinski definition) is 4. The molecule has 1 aromatic rings. The summed E-state index contributed by atoms with van der Waals surface area (Å²) in [6.07, 6.45) is -5.47. The second kappa shape index (κ2) is 9.13. The first kappa shape index (κ1) is 22.5. The highest BCUT2D eigenvalue weighted by atomic mass is 19.4. The number of nitrogens with zero attached hydrogens (tertiary/aromatic N) is 1. The molecule has 1 saturated heterocycles. The van der Waals surface area contributed by atoms with Crippen molar-refractivity contribution in [3.63, 3.8) is 0 Å². The van der Waals surface area contributed by atoms with Crippen LogP contribution in [0.1, 0.15) is 39.2 Å². The fraction of sp³-hybridized carbons (Fsp3) is 0.650. The minimum Gasteiger partial charge on any atom is -0.444 e. The molecule has 158 valence electrons. The highest BCUT2D eigenvalue weighted by molar-refractivity contribution is 5.68. The molecule has 1 fully saturated rings. The van der Waals surface area contributed by atoms with Gasteiger partial charge in [-0.15, -0.1) is 0 Å². The Bertz CT molecular complexity index is 632. The molecule has 0 aromatic heterocycles. The maximum absolute atomic E-state index is 13.2. The molecule has 1 aliphatic heterocycles. The Morgan fingerprint density at radius 2 is 1.93 bits per heavy atom. The van der Waals surface area contributed by atoms with Crippen molar-refractivity contribution in [2.24, 2.45) is 0 Å². The summed E-state index contributed by atoms with van der Waals surface area (Å²) in [5, 5.41) is 13.3. The van der Waals surface area contributed by atoms with Crippen LogP contribution >= 0.6 is 0 Å². The third-order valence-corrected chi connectivity index (χ3v) is 4.63. The second-order valence-electron chi connectivity index (χ2n) is 8.20. The Morgan fingerprint density at radius 3 is 2.50 bits per heavy atom. The molecule has 5 nitrogen and oxygen atoms in total. The molecule has 2 rings (SSSR count). The largest absolute Gasteiger partial charge is 0.444 e. The Balaban J connectivity index is 2.09. The number of carbonyl (C=O) groups excluding carboxylic acids is 1. The van der Waals surface area contributed by atoms with E-state index in [2.05, 4.69) is 5.32 Å². The van der Waals surface area contributed by atoms with Gasteiger partial charge in [0.05, 0.1) is 12.1 Å². The number of amides is 1. The van der Waals surface area contributed by atoms with Crippen LogP contribution in [0.25, 0.3) is 0 Å². The van der Waals surface area contributed by atoms with Gasteiger partial charge in [-0.3, -0.25) is 4.90 Å². The molecule has 0 spiro atoms. The third-order valence-electron chi connectivity index (χ3n) is 4.63. The van der Waals surface area contributed by atoms with Crippen LogP contribution in [0, 0.1) is 0 Å². The van der Waals surface area contributed by atoms with E-state index in [1.165, 1.54) is 4.90 Å². The smallest absolute Gasteiger partial charge is 0.407 e. The number of carbonyl (C=O) groups is 1. The van der Waals surface area contributed by atoms with Gasteiger partial charge in [-0.25, -0.2) is 4.79 Å². The fourth-order valence-electron chi connectivity index (χ4n) is 3.39. The Labute approximate surface area is 163 Å². The van der Waals surface area contributed by atoms with Crippen molar-refractivity contribution in [2.75, 3.05) is 13.1 Å². The lowest BCUT2D eigenvalue weighted by molar-refractivity contribution is -0.178. The van der Waals surface area contributed by atoms with E-state index in [-0.39, 0.29) is 25.9 Å². The predicted octanol–water partition coefficient (Wildman–Crippen LogP) is 3.51. The minimum absolute atomic E-state index is 0.0269. The van der Waals surface area contributed by atoms with Crippen molar-refractivity contribution in [1.29, 1.82) is 0 Å². The number of rotatable bonds is 6. The summed E-state index contributed by atoms with van der Waals surface area (Å²) in [7, 11) is 0. The maximum atomic E-state index is 13.2. The van der Waals surface area contributed by atoms with Gasteiger partial charge in [-0.05, 0) is 52.1 Å². The lowest BCUT2D eigenvalue weighted by Crippen LogP contribution is -2.52. The summed E-state index contributed by atoms with van der Waals surface area (Å²) in [4.78, 5) is 13.4. The van der Waals surface area contributed by atoms with Crippen LogP contribution in [-0.4, -0.2) is 59.2 Å². The minimum atomic E-state index is -4.33. The van der Waals surface area contributed by atoms with Crippen LogP contribution in [0.15, 0.2) is 30.3 Å². The molecule has 0 radical (unpaired) electrons. The average Bonchev–Trinajstić information content (AvgIpc) is 3.02. The van der Waals surface area contributed by atoms with Gasteiger partial charge in [0, 0.05) is 6.54 Å². The van der Waals surface area contributed by atoms with Crippen LogP contribution in [0.2, 0.25) is 0 Å². The number of alkyl halides is 3. The molecule has 0 saturated carbocycles.